The van der Waals surface area contributed by atoms with E-state index in [1.54, 1.807) is 6.33 Å². The molecule has 0 N–H and O–H groups in total. The Morgan fingerprint density at radius 3 is 2.67 bits per heavy atom. The summed E-state index contributed by atoms with van der Waals surface area (Å²) in [7, 11) is 1.96. The van der Waals surface area contributed by atoms with E-state index < -0.39 is 0 Å². The predicted octanol–water partition coefficient (Wildman–Crippen LogP) is 2.49. The summed E-state index contributed by atoms with van der Waals surface area (Å²) in [5.74, 6) is 0.949. The minimum atomic E-state index is 0.506. The first-order valence-corrected chi connectivity index (χ1v) is 6.66. The largest absolute Gasteiger partial charge is 0.264 e. The number of hydrogen-bond donors (Lipinski definition) is 0. The minimum absolute atomic E-state index is 0.506. The Labute approximate surface area is 107 Å². The topological polar surface area (TPSA) is 48.5 Å². The van der Waals surface area contributed by atoms with Gasteiger partial charge in [-0.3, -0.25) is 4.68 Å². The second-order valence-corrected chi connectivity index (χ2v) is 5.11. The van der Waals surface area contributed by atoms with Gasteiger partial charge in [-0.2, -0.15) is 10.2 Å². The van der Waals surface area contributed by atoms with Crippen LogP contribution in [0.4, 0.5) is 0 Å². The summed E-state index contributed by atoms with van der Waals surface area (Å²) < 4.78 is 3.98. The van der Waals surface area contributed by atoms with Crippen molar-refractivity contribution >= 4 is 0 Å². The molecule has 0 atom stereocenters. The van der Waals surface area contributed by atoms with Crippen LogP contribution in [0.1, 0.15) is 43.8 Å². The molecular formula is C13H19N5. The normalized spacial score (nSPS) is 17.2. The maximum Gasteiger partial charge on any atom is 0.176 e. The lowest BCUT2D eigenvalue weighted by Crippen LogP contribution is -2.16. The molecule has 2 aromatic heterocycles. The van der Waals surface area contributed by atoms with Gasteiger partial charge in [0.1, 0.15) is 12.0 Å². The van der Waals surface area contributed by atoms with E-state index in [4.69, 9.17) is 0 Å². The molecular weight excluding hydrogens is 226 g/mol. The van der Waals surface area contributed by atoms with Crippen LogP contribution < -0.4 is 0 Å². The monoisotopic (exact) mass is 245 g/mol. The Morgan fingerprint density at radius 2 is 2.00 bits per heavy atom. The van der Waals surface area contributed by atoms with Crippen molar-refractivity contribution in [2.24, 2.45) is 7.05 Å². The molecule has 0 saturated heterocycles. The first kappa shape index (κ1) is 11.4. The zero-order chi connectivity index (χ0) is 12.5. The van der Waals surface area contributed by atoms with Crippen LogP contribution in [-0.2, 0) is 7.05 Å². The molecule has 18 heavy (non-hydrogen) atoms. The molecule has 0 spiro atoms. The Kier molecular flexibility index (Phi) is 2.89. The summed E-state index contributed by atoms with van der Waals surface area (Å²) in [5.41, 5.74) is 2.07. The van der Waals surface area contributed by atoms with Gasteiger partial charge in [-0.25, -0.2) is 9.67 Å². The summed E-state index contributed by atoms with van der Waals surface area (Å²) in [6.07, 6.45) is 8.04. The van der Waals surface area contributed by atoms with Gasteiger partial charge in [0, 0.05) is 7.05 Å². The van der Waals surface area contributed by atoms with Gasteiger partial charge in [0.05, 0.1) is 11.7 Å². The molecule has 1 fully saturated rings. The van der Waals surface area contributed by atoms with Gasteiger partial charge in [0.25, 0.3) is 0 Å². The lowest BCUT2D eigenvalue weighted by Gasteiger charge is -2.23. The zero-order valence-electron chi connectivity index (χ0n) is 11.0. The van der Waals surface area contributed by atoms with Gasteiger partial charge in [-0.15, -0.1) is 0 Å². The Hall–Kier alpha value is -1.65. The highest BCUT2D eigenvalue weighted by atomic mass is 15.4. The first-order chi connectivity index (χ1) is 8.75. The molecule has 0 unspecified atom stereocenters. The van der Waals surface area contributed by atoms with Crippen LogP contribution in [0.2, 0.25) is 0 Å². The van der Waals surface area contributed by atoms with E-state index in [2.05, 4.69) is 25.9 Å². The highest BCUT2D eigenvalue weighted by Gasteiger charge is 2.21. The summed E-state index contributed by atoms with van der Waals surface area (Å²) in [5, 5.41) is 8.82. The van der Waals surface area contributed by atoms with Gasteiger partial charge >= 0.3 is 0 Å². The summed E-state index contributed by atoms with van der Waals surface area (Å²) >= 11 is 0. The van der Waals surface area contributed by atoms with Crippen LogP contribution in [0.5, 0.6) is 0 Å². The van der Waals surface area contributed by atoms with E-state index in [1.807, 2.05) is 18.7 Å². The second-order valence-electron chi connectivity index (χ2n) is 5.11. The van der Waals surface area contributed by atoms with Crippen LogP contribution in [0.15, 0.2) is 12.4 Å². The Balaban J connectivity index is 1.98. The van der Waals surface area contributed by atoms with Gasteiger partial charge in [0.15, 0.2) is 5.82 Å². The predicted molar refractivity (Wildman–Crippen MR) is 69.1 cm³/mol. The van der Waals surface area contributed by atoms with Crippen molar-refractivity contribution in [2.75, 3.05) is 0 Å². The molecule has 3 rings (SSSR count). The van der Waals surface area contributed by atoms with Gasteiger partial charge in [-0.1, -0.05) is 19.3 Å². The summed E-state index contributed by atoms with van der Waals surface area (Å²) in [6, 6.07) is 2.58. The molecule has 1 saturated carbocycles. The molecule has 0 amide bonds. The second kappa shape index (κ2) is 4.55. The first-order valence-electron chi connectivity index (χ1n) is 6.66. The van der Waals surface area contributed by atoms with E-state index in [0.29, 0.717) is 6.04 Å². The molecule has 2 heterocycles. The van der Waals surface area contributed by atoms with Crippen LogP contribution in [0.3, 0.4) is 0 Å². The summed E-state index contributed by atoms with van der Waals surface area (Å²) in [6.45, 7) is 2.00. The maximum atomic E-state index is 4.43. The van der Waals surface area contributed by atoms with Crippen molar-refractivity contribution in [3.8, 4) is 11.5 Å². The van der Waals surface area contributed by atoms with E-state index in [1.165, 1.54) is 32.1 Å². The molecule has 1 aliphatic carbocycles. The Bertz CT molecular complexity index is 533. The van der Waals surface area contributed by atoms with Gasteiger partial charge in [0.2, 0.25) is 0 Å². The van der Waals surface area contributed by atoms with E-state index >= 15 is 0 Å². The van der Waals surface area contributed by atoms with E-state index in [9.17, 15) is 0 Å². The van der Waals surface area contributed by atoms with Crippen molar-refractivity contribution in [1.82, 2.24) is 24.5 Å². The molecule has 0 aliphatic heterocycles. The third kappa shape index (κ3) is 1.94. The number of rotatable bonds is 2. The number of aryl methyl sites for hydroxylation is 2. The smallest absolute Gasteiger partial charge is 0.176 e. The fourth-order valence-corrected chi connectivity index (χ4v) is 2.85. The summed E-state index contributed by atoms with van der Waals surface area (Å²) in [4.78, 5) is 4.43. The van der Waals surface area contributed by atoms with Gasteiger partial charge < -0.3 is 0 Å². The molecule has 0 radical (unpaired) electrons. The van der Waals surface area contributed by atoms with Gasteiger partial charge in [-0.05, 0) is 25.8 Å². The molecule has 5 nitrogen and oxygen atoms in total. The van der Waals surface area contributed by atoms with Crippen LogP contribution >= 0.6 is 0 Å². The Morgan fingerprint density at radius 1 is 1.22 bits per heavy atom. The average Bonchev–Trinajstić information content (AvgIpc) is 2.96. The highest BCUT2D eigenvalue weighted by molar-refractivity contribution is 5.50. The molecule has 96 valence electrons. The molecule has 5 heteroatoms. The quantitative estimate of drug-likeness (QED) is 0.816. The number of nitrogens with zero attached hydrogens (tertiary/aromatic N) is 5. The number of aromatic nitrogens is 5. The van der Waals surface area contributed by atoms with E-state index in [-0.39, 0.29) is 0 Å². The van der Waals surface area contributed by atoms with Crippen LogP contribution in [0.25, 0.3) is 11.5 Å². The molecule has 2 aromatic rings. The zero-order valence-corrected chi connectivity index (χ0v) is 11.0. The van der Waals surface area contributed by atoms with Crippen molar-refractivity contribution < 1.29 is 0 Å². The molecule has 1 aliphatic rings. The fourth-order valence-electron chi connectivity index (χ4n) is 2.85. The van der Waals surface area contributed by atoms with Crippen molar-refractivity contribution in [2.45, 2.75) is 45.1 Å². The third-order valence-corrected chi connectivity index (χ3v) is 3.72. The molecule has 0 aromatic carbocycles. The minimum Gasteiger partial charge on any atom is -0.264 e. The van der Waals surface area contributed by atoms with Crippen molar-refractivity contribution in [3.05, 3.63) is 18.1 Å². The standard InChI is InChI=1S/C13H19N5/c1-10-8-12(17(2)16-10)13-14-9-15-18(13)11-6-4-3-5-7-11/h8-9,11H,3-7H2,1-2H3. The maximum absolute atomic E-state index is 4.43. The average molecular weight is 245 g/mol. The molecule has 0 bridgehead atoms. The fraction of sp³-hybridized carbons (Fsp3) is 0.615. The van der Waals surface area contributed by atoms with Crippen LogP contribution in [-0.4, -0.2) is 24.5 Å². The highest BCUT2D eigenvalue weighted by Crippen LogP contribution is 2.30. The third-order valence-electron chi connectivity index (χ3n) is 3.72. The lowest BCUT2D eigenvalue weighted by molar-refractivity contribution is 0.331. The SMILES string of the molecule is Cc1cc(-c2ncnn2C2CCCCC2)n(C)n1. The van der Waals surface area contributed by atoms with Crippen molar-refractivity contribution in [1.29, 1.82) is 0 Å². The lowest BCUT2D eigenvalue weighted by atomic mass is 9.95. The van der Waals surface area contributed by atoms with Crippen LogP contribution in [0, 0.1) is 6.92 Å². The van der Waals surface area contributed by atoms with Crippen molar-refractivity contribution in [3.63, 3.8) is 0 Å². The van der Waals surface area contributed by atoms with E-state index in [0.717, 1.165) is 17.2 Å². The number of hydrogen-bond acceptors (Lipinski definition) is 3.